The summed E-state index contributed by atoms with van der Waals surface area (Å²) in [5.74, 6) is 0.0629. The Morgan fingerprint density at radius 3 is 2.77 bits per heavy atom. The molecule has 134 valence electrons. The zero-order valence-corrected chi connectivity index (χ0v) is 16.3. The van der Waals surface area contributed by atoms with Crippen molar-refractivity contribution in [3.63, 3.8) is 0 Å². The van der Waals surface area contributed by atoms with Crippen molar-refractivity contribution in [2.45, 2.75) is 13.5 Å². The molecule has 0 spiro atoms. The Bertz CT molecular complexity index is 881. The Labute approximate surface area is 165 Å². The lowest BCUT2D eigenvalue weighted by Gasteiger charge is -2.10. The fraction of sp³-hybridized carbons (Fsp3) is 0.158. The Kier molecular flexibility index (Phi) is 5.96. The van der Waals surface area contributed by atoms with E-state index in [2.05, 4.69) is 0 Å². The third kappa shape index (κ3) is 4.09. The third-order valence-electron chi connectivity index (χ3n) is 3.79. The second-order valence-corrected chi connectivity index (χ2v) is 7.57. The lowest BCUT2D eigenvalue weighted by atomic mass is 10.2. The van der Waals surface area contributed by atoms with Crippen molar-refractivity contribution in [3.05, 3.63) is 69.3 Å². The molecule has 1 saturated heterocycles. The molecule has 2 aromatic carbocycles. The Balaban J connectivity index is 1.76. The van der Waals surface area contributed by atoms with E-state index in [4.69, 9.17) is 28.6 Å². The first-order valence-electron chi connectivity index (χ1n) is 7.90. The highest BCUT2D eigenvalue weighted by atomic mass is 35.5. The minimum atomic E-state index is -0.406. The summed E-state index contributed by atoms with van der Waals surface area (Å²) >= 11 is 12.5. The highest BCUT2D eigenvalue weighted by Crippen LogP contribution is 2.32. The minimum Gasteiger partial charge on any atom is -0.489 e. The van der Waals surface area contributed by atoms with E-state index in [0.29, 0.717) is 32.1 Å². The van der Waals surface area contributed by atoms with Crippen LogP contribution >= 0.6 is 35.6 Å². The summed E-state index contributed by atoms with van der Waals surface area (Å²) < 4.78 is 20.0. The van der Waals surface area contributed by atoms with Crippen LogP contribution in [0.15, 0.2) is 47.4 Å². The monoisotopic (exact) mass is 407 g/mol. The molecule has 2 aromatic rings. The van der Waals surface area contributed by atoms with Crippen LogP contribution in [0.3, 0.4) is 0 Å². The summed E-state index contributed by atoms with van der Waals surface area (Å²) in [7, 11) is 0. The van der Waals surface area contributed by atoms with Crippen molar-refractivity contribution in [1.29, 1.82) is 0 Å². The number of nitrogens with zero attached hydrogens (tertiary/aromatic N) is 1. The van der Waals surface area contributed by atoms with Crippen LogP contribution in [0.4, 0.5) is 4.39 Å². The number of thiocarbonyl (C=S) groups is 1. The molecule has 26 heavy (non-hydrogen) atoms. The average molecular weight is 408 g/mol. The van der Waals surface area contributed by atoms with Crippen LogP contribution < -0.4 is 4.74 Å². The number of hydrogen-bond donors (Lipinski definition) is 0. The Morgan fingerprint density at radius 2 is 2.08 bits per heavy atom. The van der Waals surface area contributed by atoms with Crippen LogP contribution in [0.25, 0.3) is 6.08 Å². The molecule has 0 atom stereocenters. The summed E-state index contributed by atoms with van der Waals surface area (Å²) in [4.78, 5) is 14.4. The van der Waals surface area contributed by atoms with Crippen molar-refractivity contribution in [3.8, 4) is 5.75 Å². The van der Waals surface area contributed by atoms with Gasteiger partial charge in [-0.25, -0.2) is 4.39 Å². The van der Waals surface area contributed by atoms with Crippen LogP contribution in [0.2, 0.25) is 5.02 Å². The summed E-state index contributed by atoms with van der Waals surface area (Å²) in [6.45, 7) is 2.46. The lowest BCUT2D eigenvalue weighted by Crippen LogP contribution is -2.27. The number of amides is 1. The molecule has 3 nitrogen and oxygen atoms in total. The molecule has 1 aliphatic heterocycles. The highest BCUT2D eigenvalue weighted by molar-refractivity contribution is 8.26. The molecule has 1 fully saturated rings. The molecular weight excluding hydrogens is 393 g/mol. The number of ether oxygens (including phenoxy) is 1. The second-order valence-electron chi connectivity index (χ2n) is 5.49. The first-order chi connectivity index (χ1) is 12.5. The number of rotatable bonds is 5. The first-order valence-corrected chi connectivity index (χ1v) is 9.51. The third-order valence-corrected chi connectivity index (χ3v) is 5.52. The van der Waals surface area contributed by atoms with E-state index < -0.39 is 5.82 Å². The molecular formula is C19H15ClFNO2S2. The van der Waals surface area contributed by atoms with E-state index in [9.17, 15) is 9.18 Å². The first kappa shape index (κ1) is 18.9. The van der Waals surface area contributed by atoms with Gasteiger partial charge in [-0.1, -0.05) is 53.8 Å². The Hall–Kier alpha value is -1.89. The van der Waals surface area contributed by atoms with Crippen molar-refractivity contribution < 1.29 is 13.9 Å². The number of thioether (sulfide) groups is 1. The van der Waals surface area contributed by atoms with Gasteiger partial charge in [0.1, 0.15) is 22.5 Å². The molecule has 1 heterocycles. The van der Waals surface area contributed by atoms with Gasteiger partial charge in [0.2, 0.25) is 0 Å². The van der Waals surface area contributed by atoms with Crippen LogP contribution in [-0.2, 0) is 11.4 Å². The number of benzene rings is 2. The van der Waals surface area contributed by atoms with Gasteiger partial charge in [0.05, 0.1) is 9.93 Å². The molecule has 0 unspecified atom stereocenters. The standard InChI is InChI=1S/C19H15ClFNO2S2/c1-2-22-18(23)17(26-19(22)25)10-12-5-3-6-13(9-12)24-11-14-15(20)7-4-8-16(14)21/h3-10H,2,11H2,1H3/b17-10-. The fourth-order valence-electron chi connectivity index (χ4n) is 2.44. The quantitative estimate of drug-likeness (QED) is 0.498. The van der Waals surface area contributed by atoms with E-state index in [1.807, 2.05) is 19.1 Å². The van der Waals surface area contributed by atoms with Gasteiger partial charge >= 0.3 is 0 Å². The number of carbonyl (C=O) groups excluding carboxylic acids is 1. The molecule has 0 saturated carbocycles. The van der Waals surface area contributed by atoms with Crippen LogP contribution in [-0.4, -0.2) is 21.7 Å². The van der Waals surface area contributed by atoms with Gasteiger partial charge in [0, 0.05) is 12.1 Å². The predicted octanol–water partition coefficient (Wildman–Crippen LogP) is 5.28. The summed E-state index contributed by atoms with van der Waals surface area (Å²) in [6.07, 6.45) is 1.78. The molecule has 0 aromatic heterocycles. The van der Waals surface area contributed by atoms with Gasteiger partial charge in [0.15, 0.2) is 0 Å². The number of carbonyl (C=O) groups is 1. The molecule has 0 bridgehead atoms. The predicted molar refractivity (Wildman–Crippen MR) is 108 cm³/mol. The average Bonchev–Trinajstić information content (AvgIpc) is 2.88. The molecule has 0 aliphatic carbocycles. The number of halogens is 2. The number of likely N-dealkylation sites (N-methyl/N-ethyl adjacent to an activating group) is 1. The van der Waals surface area contributed by atoms with Crippen molar-refractivity contribution in [2.75, 3.05) is 6.54 Å². The summed E-state index contributed by atoms with van der Waals surface area (Å²) in [6, 6.07) is 11.7. The van der Waals surface area contributed by atoms with Crippen molar-refractivity contribution >= 4 is 51.9 Å². The van der Waals surface area contributed by atoms with E-state index >= 15 is 0 Å². The van der Waals surface area contributed by atoms with Crippen molar-refractivity contribution in [2.24, 2.45) is 0 Å². The highest BCUT2D eigenvalue weighted by Gasteiger charge is 2.30. The molecule has 0 radical (unpaired) electrons. The molecule has 1 amide bonds. The molecule has 1 aliphatic rings. The summed E-state index contributed by atoms with van der Waals surface area (Å²) in [5, 5.41) is 0.324. The molecule has 0 N–H and O–H groups in total. The van der Waals surface area contributed by atoms with Gasteiger partial charge in [-0.2, -0.15) is 0 Å². The van der Waals surface area contributed by atoms with Gasteiger partial charge in [-0.15, -0.1) is 0 Å². The van der Waals surface area contributed by atoms with Crippen LogP contribution in [0.5, 0.6) is 5.75 Å². The zero-order valence-electron chi connectivity index (χ0n) is 13.9. The fourth-order valence-corrected chi connectivity index (χ4v) is 4.05. The van der Waals surface area contributed by atoms with Crippen LogP contribution in [0, 0.1) is 5.82 Å². The lowest BCUT2D eigenvalue weighted by molar-refractivity contribution is -0.121. The normalized spacial score (nSPS) is 15.8. The van der Waals surface area contributed by atoms with Gasteiger partial charge in [0.25, 0.3) is 5.91 Å². The smallest absolute Gasteiger partial charge is 0.266 e. The van der Waals surface area contributed by atoms with Gasteiger partial charge in [-0.05, 0) is 42.8 Å². The van der Waals surface area contributed by atoms with E-state index in [-0.39, 0.29) is 12.5 Å². The summed E-state index contributed by atoms with van der Waals surface area (Å²) in [5.41, 5.74) is 1.11. The van der Waals surface area contributed by atoms with E-state index in [1.165, 1.54) is 17.8 Å². The van der Waals surface area contributed by atoms with E-state index in [0.717, 1.165) is 5.56 Å². The minimum absolute atomic E-state index is 0.0207. The maximum atomic E-state index is 13.8. The van der Waals surface area contributed by atoms with Gasteiger partial charge in [-0.3, -0.25) is 9.69 Å². The van der Waals surface area contributed by atoms with E-state index in [1.54, 1.807) is 35.2 Å². The zero-order chi connectivity index (χ0) is 18.7. The second kappa shape index (κ2) is 8.20. The maximum Gasteiger partial charge on any atom is 0.266 e. The topological polar surface area (TPSA) is 29.5 Å². The van der Waals surface area contributed by atoms with Crippen LogP contribution in [0.1, 0.15) is 18.1 Å². The Morgan fingerprint density at radius 1 is 1.31 bits per heavy atom. The SMILES string of the molecule is CCN1C(=O)/C(=C/c2cccc(OCc3c(F)cccc3Cl)c2)SC1=S. The van der Waals surface area contributed by atoms with Gasteiger partial charge < -0.3 is 4.74 Å². The largest absolute Gasteiger partial charge is 0.489 e. The molecule has 7 heteroatoms. The molecule has 3 rings (SSSR count). The maximum absolute atomic E-state index is 13.8. The van der Waals surface area contributed by atoms with Crippen molar-refractivity contribution in [1.82, 2.24) is 4.90 Å². The number of hydrogen-bond acceptors (Lipinski definition) is 4.